The third kappa shape index (κ3) is 5.55. The molecule has 0 aliphatic carbocycles. The van der Waals surface area contributed by atoms with Crippen LogP contribution in [0.1, 0.15) is 5.56 Å². The van der Waals surface area contributed by atoms with Gasteiger partial charge in [0.25, 0.3) is 10.0 Å². The number of benzene rings is 3. The van der Waals surface area contributed by atoms with Crippen molar-refractivity contribution in [2.75, 3.05) is 4.72 Å². The number of sulfonamides is 1. The molecule has 0 amide bonds. The molecule has 0 aliphatic rings. The minimum atomic E-state index is -4.67. The number of aromatic amines is 1. The summed E-state index contributed by atoms with van der Waals surface area (Å²) in [6.45, 7) is 0. The van der Waals surface area contributed by atoms with E-state index in [1.165, 1.54) is 35.2 Å². The lowest BCUT2D eigenvalue weighted by atomic mass is 10.2. The van der Waals surface area contributed by atoms with E-state index in [9.17, 15) is 21.6 Å². The SMILES string of the molecule is O=S(=O)(Nc1cc(Cl)c(Sc2nc3cc(-c4nn[nH]n4)ccc3s2)c(Cl)c1)c1ccc(C(F)(F)F)cc1Cl. The van der Waals surface area contributed by atoms with Gasteiger partial charge in [-0.3, -0.25) is 4.72 Å². The fourth-order valence-corrected chi connectivity index (χ4v) is 7.58. The maximum atomic E-state index is 12.9. The van der Waals surface area contributed by atoms with Crippen LogP contribution in [0.4, 0.5) is 18.9 Å². The molecule has 8 nitrogen and oxygen atoms in total. The third-order valence-corrected chi connectivity index (χ3v) is 9.89. The molecule has 17 heteroatoms. The molecule has 3 aromatic carbocycles. The highest BCUT2D eigenvalue weighted by molar-refractivity contribution is 8.01. The van der Waals surface area contributed by atoms with Gasteiger partial charge in [0.15, 0.2) is 4.34 Å². The molecule has 0 aliphatic heterocycles. The second-order valence-electron chi connectivity index (χ2n) is 7.52. The van der Waals surface area contributed by atoms with E-state index in [0.29, 0.717) is 32.7 Å². The number of fused-ring (bicyclic) bond motifs is 1. The first kappa shape index (κ1) is 27.0. The summed E-state index contributed by atoms with van der Waals surface area (Å²) in [7, 11) is -4.35. The van der Waals surface area contributed by atoms with E-state index in [2.05, 4.69) is 30.3 Å². The summed E-state index contributed by atoms with van der Waals surface area (Å²) in [4.78, 5) is 4.49. The normalized spacial score (nSPS) is 12.3. The number of anilines is 1. The summed E-state index contributed by atoms with van der Waals surface area (Å²) >= 11 is 21.3. The zero-order valence-electron chi connectivity index (χ0n) is 18.2. The van der Waals surface area contributed by atoms with E-state index >= 15 is 0 Å². The van der Waals surface area contributed by atoms with Crippen LogP contribution in [0.15, 0.2) is 62.7 Å². The molecule has 2 N–H and O–H groups in total. The number of tetrazole rings is 1. The summed E-state index contributed by atoms with van der Waals surface area (Å²) in [5, 5.41) is 13.5. The van der Waals surface area contributed by atoms with Crippen molar-refractivity contribution in [3.63, 3.8) is 0 Å². The molecule has 2 heterocycles. The Morgan fingerprint density at radius 1 is 0.974 bits per heavy atom. The van der Waals surface area contributed by atoms with Crippen molar-refractivity contribution in [1.82, 2.24) is 25.6 Å². The lowest BCUT2D eigenvalue weighted by Crippen LogP contribution is -2.14. The second kappa shape index (κ2) is 10.2. The Kier molecular flexibility index (Phi) is 7.22. The zero-order valence-corrected chi connectivity index (χ0v) is 22.9. The van der Waals surface area contributed by atoms with Crippen LogP contribution in [-0.4, -0.2) is 34.0 Å². The predicted molar refractivity (Wildman–Crippen MR) is 141 cm³/mol. The number of thiazole rings is 1. The first-order valence-corrected chi connectivity index (χ1v) is 14.4. The van der Waals surface area contributed by atoms with Crippen LogP contribution >= 0.6 is 57.9 Å². The van der Waals surface area contributed by atoms with Gasteiger partial charge in [-0.1, -0.05) is 46.6 Å². The number of alkyl halides is 3. The highest BCUT2D eigenvalue weighted by Crippen LogP contribution is 2.43. The molecule has 0 radical (unpaired) electrons. The van der Waals surface area contributed by atoms with Crippen molar-refractivity contribution in [3.05, 3.63) is 69.2 Å². The van der Waals surface area contributed by atoms with E-state index in [1.54, 1.807) is 0 Å². The zero-order chi connectivity index (χ0) is 27.2. The second-order valence-corrected chi connectivity index (χ2v) is 12.7. The van der Waals surface area contributed by atoms with Crippen LogP contribution in [0.2, 0.25) is 15.1 Å². The van der Waals surface area contributed by atoms with Crippen molar-refractivity contribution in [3.8, 4) is 11.4 Å². The quantitative estimate of drug-likeness (QED) is 0.199. The first-order valence-electron chi connectivity index (χ1n) is 10.1. The summed E-state index contributed by atoms with van der Waals surface area (Å²) in [6, 6.07) is 10.1. The summed E-state index contributed by atoms with van der Waals surface area (Å²) in [5.74, 6) is 0.427. The van der Waals surface area contributed by atoms with E-state index in [4.69, 9.17) is 34.8 Å². The van der Waals surface area contributed by atoms with Crippen molar-refractivity contribution in [1.29, 1.82) is 0 Å². The molecule has 0 fully saturated rings. The van der Waals surface area contributed by atoms with Crippen LogP contribution in [0.5, 0.6) is 0 Å². The number of halogens is 6. The van der Waals surface area contributed by atoms with Gasteiger partial charge in [0, 0.05) is 5.56 Å². The maximum Gasteiger partial charge on any atom is 0.416 e. The Morgan fingerprint density at radius 3 is 2.34 bits per heavy atom. The van der Waals surface area contributed by atoms with Gasteiger partial charge in [-0.05, 0) is 53.7 Å². The highest BCUT2D eigenvalue weighted by atomic mass is 35.5. The van der Waals surface area contributed by atoms with Crippen LogP contribution < -0.4 is 4.72 Å². The van der Waals surface area contributed by atoms with Crippen molar-refractivity contribution < 1.29 is 21.6 Å². The van der Waals surface area contributed by atoms with E-state index in [-0.39, 0.29) is 15.7 Å². The fraction of sp³-hybridized carbons (Fsp3) is 0.0476. The van der Waals surface area contributed by atoms with Crippen molar-refractivity contribution in [2.45, 2.75) is 20.3 Å². The number of hydrogen-bond acceptors (Lipinski definition) is 8. The predicted octanol–water partition coefficient (Wildman–Crippen LogP) is 7.41. The van der Waals surface area contributed by atoms with Crippen molar-refractivity contribution in [2.24, 2.45) is 0 Å². The van der Waals surface area contributed by atoms with Gasteiger partial charge in [-0.2, -0.15) is 18.4 Å². The number of aromatic nitrogens is 5. The average molecular weight is 638 g/mol. The van der Waals surface area contributed by atoms with Gasteiger partial charge in [0.1, 0.15) is 4.90 Å². The number of nitrogens with one attached hydrogen (secondary N) is 2. The molecule has 0 bridgehead atoms. The topological polar surface area (TPSA) is 114 Å². The molecule has 0 atom stereocenters. The number of hydrogen-bond donors (Lipinski definition) is 2. The smallest absolute Gasteiger partial charge is 0.279 e. The molecule has 0 saturated heterocycles. The maximum absolute atomic E-state index is 12.9. The van der Waals surface area contributed by atoms with Crippen LogP contribution in [0.3, 0.4) is 0 Å². The molecule has 2 aromatic heterocycles. The van der Waals surface area contributed by atoms with E-state index < -0.39 is 31.7 Å². The van der Waals surface area contributed by atoms with Gasteiger partial charge in [0.05, 0.1) is 41.4 Å². The summed E-state index contributed by atoms with van der Waals surface area (Å²) in [6.07, 6.45) is -4.67. The Bertz CT molecular complexity index is 1760. The Balaban J connectivity index is 1.38. The average Bonchev–Trinajstić information content (AvgIpc) is 3.49. The molecular weight excluding hydrogens is 628 g/mol. The molecule has 0 spiro atoms. The number of rotatable bonds is 6. The highest BCUT2D eigenvalue weighted by Gasteiger charge is 2.32. The molecule has 0 unspecified atom stereocenters. The Morgan fingerprint density at radius 2 is 1.71 bits per heavy atom. The lowest BCUT2D eigenvalue weighted by Gasteiger charge is -2.13. The van der Waals surface area contributed by atoms with Crippen LogP contribution in [0, 0.1) is 0 Å². The molecule has 0 saturated carbocycles. The lowest BCUT2D eigenvalue weighted by molar-refractivity contribution is -0.137. The third-order valence-electron chi connectivity index (χ3n) is 4.96. The van der Waals surface area contributed by atoms with E-state index in [1.807, 2.05) is 18.2 Å². The van der Waals surface area contributed by atoms with Gasteiger partial charge in [-0.15, -0.1) is 21.5 Å². The van der Waals surface area contributed by atoms with Crippen molar-refractivity contribution >= 4 is 83.8 Å². The molecule has 5 rings (SSSR count). The Labute approximate surface area is 235 Å². The van der Waals surface area contributed by atoms with Gasteiger partial charge < -0.3 is 0 Å². The van der Waals surface area contributed by atoms with Gasteiger partial charge in [-0.25, -0.2) is 13.4 Å². The summed E-state index contributed by atoms with van der Waals surface area (Å²) in [5.41, 5.74) is 0.350. The number of H-pyrrole nitrogens is 1. The monoisotopic (exact) mass is 636 g/mol. The minimum Gasteiger partial charge on any atom is -0.279 e. The molecule has 196 valence electrons. The minimum absolute atomic E-state index is 0.00521. The first-order chi connectivity index (χ1) is 17.9. The van der Waals surface area contributed by atoms with Crippen LogP contribution in [-0.2, 0) is 16.2 Å². The Hall–Kier alpha value is -2.62. The summed E-state index contributed by atoms with van der Waals surface area (Å²) < 4.78 is 68.1. The van der Waals surface area contributed by atoms with Crippen LogP contribution in [0.25, 0.3) is 21.6 Å². The molecule has 38 heavy (non-hydrogen) atoms. The standard InChI is InChI=1S/C21H10Cl3F3N6O2S3/c22-12-6-10(21(25,26)27)2-4-17(12)38(34,35)31-11-7-13(23)18(14(24)8-11)37-20-28-15-5-9(1-3-16(15)36-20)19-29-32-33-30-19/h1-8,31H,(H,29,30,32,33). The molecule has 5 aromatic rings. The fourth-order valence-electron chi connectivity index (χ4n) is 3.28. The van der Waals surface area contributed by atoms with Gasteiger partial charge >= 0.3 is 6.18 Å². The number of nitrogens with zero attached hydrogens (tertiary/aromatic N) is 4. The molecular formula is C21H10Cl3F3N6O2S3. The van der Waals surface area contributed by atoms with E-state index in [0.717, 1.165) is 16.3 Å². The van der Waals surface area contributed by atoms with Gasteiger partial charge in [0.2, 0.25) is 5.82 Å². The largest absolute Gasteiger partial charge is 0.416 e.